The monoisotopic (exact) mass is 217 g/mol. The second-order valence-corrected chi connectivity index (χ2v) is 3.89. The maximum atomic E-state index is 11.2. The van der Waals surface area contributed by atoms with Crippen molar-refractivity contribution in [3.63, 3.8) is 0 Å². The molecule has 0 rings (SSSR count). The summed E-state index contributed by atoms with van der Waals surface area (Å²) >= 11 is 0. The van der Waals surface area contributed by atoms with E-state index in [1.54, 1.807) is 0 Å². The molecule has 0 aromatic rings. The zero-order valence-electron chi connectivity index (χ0n) is 10.0. The third kappa shape index (κ3) is 5.14. The highest BCUT2D eigenvalue weighted by Gasteiger charge is 2.25. The second-order valence-electron chi connectivity index (χ2n) is 3.89. The van der Waals surface area contributed by atoms with Gasteiger partial charge >= 0.3 is 0 Å². The van der Waals surface area contributed by atoms with Crippen molar-refractivity contribution in [3.05, 3.63) is 0 Å². The molecule has 4 nitrogen and oxygen atoms in total. The minimum atomic E-state index is -0.0956. The number of aliphatic hydroxyl groups is 1. The molecule has 90 valence electrons. The number of rotatable bonds is 8. The van der Waals surface area contributed by atoms with Gasteiger partial charge in [0, 0.05) is 20.3 Å². The molecule has 2 N–H and O–H groups in total. The first-order valence-electron chi connectivity index (χ1n) is 5.50. The van der Waals surface area contributed by atoms with E-state index < -0.39 is 0 Å². The Morgan fingerprint density at radius 1 is 1.40 bits per heavy atom. The predicted molar refractivity (Wildman–Crippen MR) is 59.6 cm³/mol. The van der Waals surface area contributed by atoms with Crippen LogP contribution in [-0.2, 0) is 9.53 Å². The van der Waals surface area contributed by atoms with Crippen molar-refractivity contribution in [3.8, 4) is 0 Å². The Hall–Kier alpha value is -0.610. The quantitative estimate of drug-likeness (QED) is 0.636. The summed E-state index contributed by atoms with van der Waals surface area (Å²) in [4.78, 5) is 11.2. The molecule has 15 heavy (non-hydrogen) atoms. The summed E-state index contributed by atoms with van der Waals surface area (Å²) in [6.45, 7) is 5.05. The minimum absolute atomic E-state index is 0.0259. The van der Waals surface area contributed by atoms with E-state index in [0.717, 1.165) is 19.3 Å². The van der Waals surface area contributed by atoms with Crippen LogP contribution in [0.3, 0.4) is 0 Å². The fraction of sp³-hybridized carbons (Fsp3) is 0.909. The third-order valence-corrected chi connectivity index (χ3v) is 3.08. The standard InChI is InChI=1S/C11H23NO3/c1-4-11(5-2,6-7-13)9-12-10(14)8-15-3/h13H,4-9H2,1-3H3,(H,12,14). The van der Waals surface area contributed by atoms with Crippen molar-refractivity contribution in [2.45, 2.75) is 33.1 Å². The van der Waals surface area contributed by atoms with Gasteiger partial charge in [0.25, 0.3) is 0 Å². The zero-order chi connectivity index (χ0) is 11.7. The molecule has 1 amide bonds. The predicted octanol–water partition coefficient (Wildman–Crippen LogP) is 0.938. The van der Waals surface area contributed by atoms with Crippen LogP contribution in [0.5, 0.6) is 0 Å². The van der Waals surface area contributed by atoms with E-state index in [1.165, 1.54) is 7.11 Å². The van der Waals surface area contributed by atoms with E-state index in [-0.39, 0.29) is 24.5 Å². The van der Waals surface area contributed by atoms with Gasteiger partial charge in [0.1, 0.15) is 6.61 Å². The highest BCUT2D eigenvalue weighted by molar-refractivity contribution is 5.77. The number of amides is 1. The molecule has 4 heteroatoms. The van der Waals surface area contributed by atoms with Gasteiger partial charge in [-0.25, -0.2) is 0 Å². The number of carbonyl (C=O) groups excluding carboxylic acids is 1. The molecule has 0 saturated heterocycles. The molecule has 0 atom stereocenters. The average molecular weight is 217 g/mol. The van der Waals surface area contributed by atoms with Gasteiger partial charge in [0.05, 0.1) is 0 Å². The smallest absolute Gasteiger partial charge is 0.246 e. The summed E-state index contributed by atoms with van der Waals surface area (Å²) in [6, 6.07) is 0. The fourth-order valence-electron chi connectivity index (χ4n) is 1.65. The SMILES string of the molecule is CCC(CC)(CCO)CNC(=O)COC. The summed E-state index contributed by atoms with van der Waals surface area (Å²) < 4.78 is 4.73. The molecule has 0 aromatic heterocycles. The van der Waals surface area contributed by atoms with Gasteiger partial charge in [0.2, 0.25) is 5.91 Å². The van der Waals surface area contributed by atoms with Crippen LogP contribution in [0.2, 0.25) is 0 Å². The fourth-order valence-corrected chi connectivity index (χ4v) is 1.65. The Kier molecular flexibility index (Phi) is 7.34. The average Bonchev–Trinajstić information content (AvgIpc) is 2.25. The van der Waals surface area contributed by atoms with Crippen LogP contribution in [0.1, 0.15) is 33.1 Å². The van der Waals surface area contributed by atoms with Crippen LogP contribution in [0.15, 0.2) is 0 Å². The van der Waals surface area contributed by atoms with Crippen LogP contribution in [0, 0.1) is 5.41 Å². The van der Waals surface area contributed by atoms with Crippen molar-refractivity contribution in [2.75, 3.05) is 26.9 Å². The van der Waals surface area contributed by atoms with Gasteiger partial charge in [0.15, 0.2) is 0 Å². The topological polar surface area (TPSA) is 58.6 Å². The third-order valence-electron chi connectivity index (χ3n) is 3.08. The van der Waals surface area contributed by atoms with Crippen LogP contribution in [0.25, 0.3) is 0 Å². The maximum Gasteiger partial charge on any atom is 0.246 e. The molecule has 0 radical (unpaired) electrons. The van der Waals surface area contributed by atoms with Gasteiger partial charge in [-0.15, -0.1) is 0 Å². The molecule has 0 heterocycles. The Morgan fingerprint density at radius 3 is 2.40 bits per heavy atom. The number of carbonyl (C=O) groups is 1. The number of aliphatic hydroxyl groups excluding tert-OH is 1. The molecule has 0 aliphatic rings. The van der Waals surface area contributed by atoms with Crippen molar-refractivity contribution in [2.24, 2.45) is 5.41 Å². The Bertz CT molecular complexity index is 179. The maximum absolute atomic E-state index is 11.2. The lowest BCUT2D eigenvalue weighted by molar-refractivity contribution is -0.125. The first kappa shape index (κ1) is 14.4. The summed E-state index contributed by atoms with van der Waals surface area (Å²) in [7, 11) is 1.50. The second kappa shape index (κ2) is 7.65. The Morgan fingerprint density at radius 2 is 2.00 bits per heavy atom. The first-order chi connectivity index (χ1) is 7.14. The lowest BCUT2D eigenvalue weighted by Crippen LogP contribution is -2.39. The highest BCUT2D eigenvalue weighted by Crippen LogP contribution is 2.29. The normalized spacial score (nSPS) is 11.5. The van der Waals surface area contributed by atoms with Crippen LogP contribution >= 0.6 is 0 Å². The van der Waals surface area contributed by atoms with E-state index in [1.807, 2.05) is 0 Å². The van der Waals surface area contributed by atoms with Crippen molar-refractivity contribution >= 4 is 5.91 Å². The van der Waals surface area contributed by atoms with Gasteiger partial charge in [-0.3, -0.25) is 4.79 Å². The lowest BCUT2D eigenvalue weighted by atomic mass is 9.79. The summed E-state index contributed by atoms with van der Waals surface area (Å²) in [5.41, 5.74) is 0.0259. The first-order valence-corrected chi connectivity index (χ1v) is 5.50. The number of ether oxygens (including phenoxy) is 1. The van der Waals surface area contributed by atoms with E-state index in [2.05, 4.69) is 19.2 Å². The van der Waals surface area contributed by atoms with Crippen LogP contribution < -0.4 is 5.32 Å². The number of hydrogen-bond acceptors (Lipinski definition) is 3. The van der Waals surface area contributed by atoms with Gasteiger partial charge < -0.3 is 15.2 Å². The molecule has 0 spiro atoms. The molecule has 0 saturated carbocycles. The molecule has 0 fully saturated rings. The molecule has 0 bridgehead atoms. The lowest BCUT2D eigenvalue weighted by Gasteiger charge is -2.31. The Balaban J connectivity index is 4.10. The highest BCUT2D eigenvalue weighted by atomic mass is 16.5. The minimum Gasteiger partial charge on any atom is -0.396 e. The van der Waals surface area contributed by atoms with Gasteiger partial charge in [-0.2, -0.15) is 0 Å². The van der Waals surface area contributed by atoms with E-state index in [4.69, 9.17) is 9.84 Å². The van der Waals surface area contributed by atoms with E-state index >= 15 is 0 Å². The molecule has 0 aliphatic heterocycles. The number of hydrogen-bond donors (Lipinski definition) is 2. The number of nitrogens with one attached hydrogen (secondary N) is 1. The zero-order valence-corrected chi connectivity index (χ0v) is 10.0. The molecule has 0 aromatic carbocycles. The molecular weight excluding hydrogens is 194 g/mol. The molecule has 0 aliphatic carbocycles. The summed E-state index contributed by atoms with van der Waals surface area (Å²) in [5, 5.41) is 11.8. The van der Waals surface area contributed by atoms with Crippen LogP contribution in [-0.4, -0.2) is 37.9 Å². The van der Waals surface area contributed by atoms with Crippen molar-refractivity contribution in [1.82, 2.24) is 5.32 Å². The van der Waals surface area contributed by atoms with Crippen LogP contribution in [0.4, 0.5) is 0 Å². The number of methoxy groups -OCH3 is 1. The van der Waals surface area contributed by atoms with Gasteiger partial charge in [-0.05, 0) is 24.7 Å². The van der Waals surface area contributed by atoms with Crippen molar-refractivity contribution < 1.29 is 14.6 Å². The molecular formula is C11H23NO3. The Labute approximate surface area is 92.0 Å². The van der Waals surface area contributed by atoms with Crippen molar-refractivity contribution in [1.29, 1.82) is 0 Å². The summed E-state index contributed by atoms with van der Waals surface area (Å²) in [5.74, 6) is -0.0956. The summed E-state index contributed by atoms with van der Waals surface area (Å²) in [6.07, 6.45) is 2.64. The van der Waals surface area contributed by atoms with E-state index in [0.29, 0.717) is 6.54 Å². The van der Waals surface area contributed by atoms with Gasteiger partial charge in [-0.1, -0.05) is 13.8 Å². The molecule has 0 unspecified atom stereocenters. The van der Waals surface area contributed by atoms with E-state index in [9.17, 15) is 4.79 Å². The largest absolute Gasteiger partial charge is 0.396 e.